The molecule has 0 saturated heterocycles. The van der Waals surface area contributed by atoms with Crippen LogP contribution in [0.15, 0.2) is 53.3 Å². The number of fused-ring (bicyclic) bond motifs is 1. The van der Waals surface area contributed by atoms with Gasteiger partial charge in [-0.05, 0) is 24.1 Å². The Morgan fingerprint density at radius 2 is 1.96 bits per heavy atom. The predicted molar refractivity (Wildman–Crippen MR) is 104 cm³/mol. The lowest BCUT2D eigenvalue weighted by molar-refractivity contribution is 0.241. The van der Waals surface area contributed by atoms with Gasteiger partial charge in [0.1, 0.15) is 5.82 Å². The Morgan fingerprint density at radius 1 is 1.15 bits per heavy atom. The zero-order valence-corrected chi connectivity index (χ0v) is 15.4. The van der Waals surface area contributed by atoms with E-state index in [-0.39, 0.29) is 5.56 Å². The third-order valence-electron chi connectivity index (χ3n) is 4.93. The number of benzene rings is 2. The van der Waals surface area contributed by atoms with Gasteiger partial charge in [-0.1, -0.05) is 54.1 Å². The average molecular weight is 366 g/mol. The van der Waals surface area contributed by atoms with Gasteiger partial charge < -0.3 is 4.98 Å². The molecule has 1 N–H and O–H groups in total. The van der Waals surface area contributed by atoms with Crippen molar-refractivity contribution >= 4 is 11.6 Å². The Morgan fingerprint density at radius 3 is 2.73 bits per heavy atom. The first-order valence-corrected chi connectivity index (χ1v) is 9.13. The number of H-pyrrole nitrogens is 1. The van der Waals surface area contributed by atoms with Gasteiger partial charge in [-0.2, -0.15) is 0 Å². The monoisotopic (exact) mass is 365 g/mol. The van der Waals surface area contributed by atoms with Crippen LogP contribution in [0.2, 0.25) is 5.02 Å². The number of rotatable bonds is 3. The van der Waals surface area contributed by atoms with Crippen LogP contribution in [0, 0.1) is 6.92 Å². The van der Waals surface area contributed by atoms with Crippen LogP contribution < -0.4 is 5.56 Å². The Balaban J connectivity index is 1.61. The highest BCUT2D eigenvalue weighted by molar-refractivity contribution is 6.31. The topological polar surface area (TPSA) is 49.0 Å². The van der Waals surface area contributed by atoms with E-state index in [1.54, 1.807) is 0 Å². The molecule has 2 aromatic carbocycles. The summed E-state index contributed by atoms with van der Waals surface area (Å²) in [5, 5.41) is 0.780. The fourth-order valence-electron chi connectivity index (χ4n) is 3.44. The summed E-state index contributed by atoms with van der Waals surface area (Å²) in [6, 6.07) is 15.7. The summed E-state index contributed by atoms with van der Waals surface area (Å²) in [5.74, 6) is 0.643. The number of hydrogen-bond donors (Lipinski definition) is 1. The number of aromatic amines is 1. The summed E-state index contributed by atoms with van der Waals surface area (Å²) in [6.45, 7) is 4.27. The summed E-state index contributed by atoms with van der Waals surface area (Å²) in [4.78, 5) is 22.6. The standard InChI is InChI=1S/C21H20ClN3O/c1-14-6-5-9-18(22)16(14)12-25-11-10-19-17(13-25)21(26)24-20(23-19)15-7-3-2-4-8-15/h2-9H,10-13H2,1H3,(H,23,24,26). The number of aryl methyl sites for hydroxylation is 1. The molecular formula is C21H20ClN3O. The minimum Gasteiger partial charge on any atom is -0.306 e. The molecule has 0 aliphatic carbocycles. The van der Waals surface area contributed by atoms with E-state index in [1.807, 2.05) is 42.5 Å². The van der Waals surface area contributed by atoms with Crippen molar-refractivity contribution < 1.29 is 0 Å². The Labute approximate surface area is 157 Å². The van der Waals surface area contributed by atoms with Crippen molar-refractivity contribution in [3.05, 3.63) is 86.3 Å². The van der Waals surface area contributed by atoms with Crippen LogP contribution in [-0.2, 0) is 19.5 Å². The van der Waals surface area contributed by atoms with Gasteiger partial charge >= 0.3 is 0 Å². The van der Waals surface area contributed by atoms with E-state index >= 15 is 0 Å². The van der Waals surface area contributed by atoms with Crippen molar-refractivity contribution in [2.75, 3.05) is 6.54 Å². The smallest absolute Gasteiger partial charge is 0.255 e. The molecular weight excluding hydrogens is 346 g/mol. The second-order valence-electron chi connectivity index (χ2n) is 6.70. The second-order valence-corrected chi connectivity index (χ2v) is 7.11. The van der Waals surface area contributed by atoms with Gasteiger partial charge in [-0.3, -0.25) is 9.69 Å². The zero-order valence-electron chi connectivity index (χ0n) is 14.6. The molecule has 3 aromatic rings. The van der Waals surface area contributed by atoms with Crippen LogP contribution in [0.25, 0.3) is 11.4 Å². The molecule has 26 heavy (non-hydrogen) atoms. The van der Waals surface area contributed by atoms with Crippen LogP contribution in [-0.4, -0.2) is 21.4 Å². The van der Waals surface area contributed by atoms with E-state index < -0.39 is 0 Å². The Bertz CT molecular complexity index is 978. The Hall–Kier alpha value is -2.43. The Kier molecular flexibility index (Phi) is 4.62. The number of nitrogens with zero attached hydrogens (tertiary/aromatic N) is 2. The normalized spacial score (nSPS) is 14.2. The summed E-state index contributed by atoms with van der Waals surface area (Å²) in [7, 11) is 0. The molecule has 0 atom stereocenters. The maximum Gasteiger partial charge on any atom is 0.255 e. The minimum atomic E-state index is -0.0468. The largest absolute Gasteiger partial charge is 0.306 e. The first kappa shape index (κ1) is 17.0. The van der Waals surface area contributed by atoms with Gasteiger partial charge in [0, 0.05) is 36.6 Å². The maximum absolute atomic E-state index is 12.6. The first-order valence-electron chi connectivity index (χ1n) is 8.75. The first-order chi connectivity index (χ1) is 12.6. The van der Waals surface area contributed by atoms with Crippen molar-refractivity contribution in [3.8, 4) is 11.4 Å². The number of nitrogens with one attached hydrogen (secondary N) is 1. The van der Waals surface area contributed by atoms with E-state index in [9.17, 15) is 4.79 Å². The highest BCUT2D eigenvalue weighted by Gasteiger charge is 2.22. The van der Waals surface area contributed by atoms with Crippen LogP contribution in [0.3, 0.4) is 0 Å². The van der Waals surface area contributed by atoms with Gasteiger partial charge in [-0.25, -0.2) is 4.98 Å². The lowest BCUT2D eigenvalue weighted by atomic mass is 10.0. The quantitative estimate of drug-likeness (QED) is 0.764. The van der Waals surface area contributed by atoms with Crippen molar-refractivity contribution in [2.45, 2.75) is 26.4 Å². The molecule has 0 saturated carbocycles. The molecule has 5 heteroatoms. The van der Waals surface area contributed by atoms with E-state index in [4.69, 9.17) is 16.6 Å². The van der Waals surface area contributed by atoms with Crippen LogP contribution >= 0.6 is 11.6 Å². The molecule has 132 valence electrons. The van der Waals surface area contributed by atoms with Gasteiger partial charge in [0.05, 0.1) is 11.3 Å². The molecule has 4 rings (SSSR count). The lowest BCUT2D eigenvalue weighted by Gasteiger charge is -2.28. The van der Waals surface area contributed by atoms with Crippen molar-refractivity contribution in [1.82, 2.24) is 14.9 Å². The highest BCUT2D eigenvalue weighted by Crippen LogP contribution is 2.24. The molecule has 0 unspecified atom stereocenters. The molecule has 1 aliphatic rings. The predicted octanol–water partition coefficient (Wildman–Crippen LogP) is 3.96. The molecule has 0 bridgehead atoms. The molecule has 0 spiro atoms. The average Bonchev–Trinajstić information content (AvgIpc) is 2.66. The lowest BCUT2D eigenvalue weighted by Crippen LogP contribution is -2.35. The highest BCUT2D eigenvalue weighted by atomic mass is 35.5. The fraction of sp³-hybridized carbons (Fsp3) is 0.238. The molecule has 0 fully saturated rings. The summed E-state index contributed by atoms with van der Waals surface area (Å²) < 4.78 is 0. The van der Waals surface area contributed by atoms with Crippen LogP contribution in [0.1, 0.15) is 22.4 Å². The van der Waals surface area contributed by atoms with E-state index in [2.05, 4.69) is 22.9 Å². The third-order valence-corrected chi connectivity index (χ3v) is 5.28. The van der Waals surface area contributed by atoms with Crippen LogP contribution in [0.4, 0.5) is 0 Å². The second kappa shape index (κ2) is 7.06. The van der Waals surface area contributed by atoms with E-state index in [0.717, 1.165) is 46.9 Å². The zero-order chi connectivity index (χ0) is 18.1. The molecule has 0 amide bonds. The molecule has 1 aromatic heterocycles. The summed E-state index contributed by atoms with van der Waals surface area (Å²) >= 11 is 6.36. The van der Waals surface area contributed by atoms with Crippen LogP contribution in [0.5, 0.6) is 0 Å². The molecule has 2 heterocycles. The van der Waals surface area contributed by atoms with Gasteiger partial charge in [0.25, 0.3) is 5.56 Å². The fourth-order valence-corrected chi connectivity index (χ4v) is 3.72. The third kappa shape index (κ3) is 3.30. The number of halogens is 1. The van der Waals surface area contributed by atoms with Crippen molar-refractivity contribution in [1.29, 1.82) is 0 Å². The molecule has 4 nitrogen and oxygen atoms in total. The maximum atomic E-state index is 12.6. The summed E-state index contributed by atoms with van der Waals surface area (Å²) in [5.41, 5.74) is 4.86. The van der Waals surface area contributed by atoms with Gasteiger partial charge in [0.15, 0.2) is 0 Å². The van der Waals surface area contributed by atoms with E-state index in [1.165, 1.54) is 5.56 Å². The van der Waals surface area contributed by atoms with Crippen molar-refractivity contribution in [3.63, 3.8) is 0 Å². The molecule has 1 aliphatic heterocycles. The van der Waals surface area contributed by atoms with E-state index in [0.29, 0.717) is 12.4 Å². The van der Waals surface area contributed by atoms with Gasteiger partial charge in [0.2, 0.25) is 0 Å². The number of aromatic nitrogens is 2. The summed E-state index contributed by atoms with van der Waals surface area (Å²) in [6.07, 6.45) is 0.766. The van der Waals surface area contributed by atoms with Gasteiger partial charge in [-0.15, -0.1) is 0 Å². The number of hydrogen-bond acceptors (Lipinski definition) is 3. The molecule has 0 radical (unpaired) electrons. The minimum absolute atomic E-state index is 0.0468. The SMILES string of the molecule is Cc1cccc(Cl)c1CN1CCc2nc(-c3ccccc3)[nH]c(=O)c2C1. The van der Waals surface area contributed by atoms with Crippen molar-refractivity contribution in [2.24, 2.45) is 0 Å².